The van der Waals surface area contributed by atoms with Crippen molar-refractivity contribution in [3.63, 3.8) is 0 Å². The first-order valence-corrected chi connectivity index (χ1v) is 9.36. The predicted molar refractivity (Wildman–Crippen MR) is 100 cm³/mol. The van der Waals surface area contributed by atoms with Crippen LogP contribution in [0.4, 0.5) is 11.4 Å². The van der Waals surface area contributed by atoms with E-state index >= 15 is 0 Å². The Hall–Kier alpha value is -3.03. The summed E-state index contributed by atoms with van der Waals surface area (Å²) in [5, 5.41) is 19.0. The molecule has 0 fully saturated rings. The number of H-pyrrole nitrogens is 1. The Morgan fingerprint density at radius 3 is 2.59 bits per heavy atom. The number of benzene rings is 2. The van der Waals surface area contributed by atoms with Crippen LogP contribution in [0.1, 0.15) is 0 Å². The fourth-order valence-corrected chi connectivity index (χ4v) is 3.27. The second-order valence-electron chi connectivity index (χ2n) is 5.86. The molecule has 0 aliphatic carbocycles. The molecule has 4 rings (SSSR count). The van der Waals surface area contributed by atoms with Crippen LogP contribution in [0, 0.1) is 0 Å². The summed E-state index contributed by atoms with van der Waals surface area (Å²) in [5.41, 5.74) is 0.142. The van der Waals surface area contributed by atoms with Gasteiger partial charge in [0.15, 0.2) is 11.4 Å². The molecule has 0 atom stereocenters. The maximum atomic E-state index is 12.3. The molecule has 0 bridgehead atoms. The molecule has 2 aromatic carbocycles. The number of nitrogens with zero attached hydrogens (tertiary/aromatic N) is 3. The molecular formula is C18H11LiN4O5S. The van der Waals surface area contributed by atoms with Gasteiger partial charge in [0.1, 0.15) is 10.1 Å². The van der Waals surface area contributed by atoms with E-state index in [1.807, 2.05) is 0 Å². The average Bonchev–Trinajstić information content (AvgIpc) is 2.67. The van der Waals surface area contributed by atoms with Gasteiger partial charge in [0.2, 0.25) is 0 Å². The van der Waals surface area contributed by atoms with E-state index in [1.165, 1.54) is 6.07 Å². The van der Waals surface area contributed by atoms with Gasteiger partial charge in [0.05, 0.1) is 21.6 Å². The Morgan fingerprint density at radius 2 is 1.83 bits per heavy atom. The van der Waals surface area contributed by atoms with Crippen LogP contribution in [-0.4, -0.2) is 28.0 Å². The van der Waals surface area contributed by atoms with Crippen molar-refractivity contribution in [1.29, 1.82) is 0 Å². The number of rotatable bonds is 3. The SMILES string of the molecule is O=c1[nH]c2ccc(S(=O)(=O)[O-])cc2c(O)c1N=Nc1cccc2ncccc12.[Li+]. The van der Waals surface area contributed by atoms with Crippen molar-refractivity contribution in [2.75, 3.05) is 0 Å². The number of hydrogen-bond acceptors (Lipinski definition) is 8. The van der Waals surface area contributed by atoms with Gasteiger partial charge < -0.3 is 14.6 Å². The van der Waals surface area contributed by atoms with Crippen molar-refractivity contribution in [2.45, 2.75) is 4.90 Å². The van der Waals surface area contributed by atoms with E-state index in [4.69, 9.17) is 0 Å². The zero-order chi connectivity index (χ0) is 19.9. The predicted octanol–water partition coefficient (Wildman–Crippen LogP) is 0.105. The average molecular weight is 402 g/mol. The Morgan fingerprint density at radius 1 is 1.03 bits per heavy atom. The molecular weight excluding hydrogens is 391 g/mol. The van der Waals surface area contributed by atoms with Crippen LogP contribution in [0.25, 0.3) is 21.8 Å². The third-order valence-corrected chi connectivity index (χ3v) is 4.93. The minimum atomic E-state index is -4.73. The fourth-order valence-electron chi connectivity index (χ4n) is 2.77. The first-order valence-electron chi connectivity index (χ1n) is 7.95. The monoisotopic (exact) mass is 402 g/mol. The molecule has 11 heteroatoms. The molecule has 2 heterocycles. The molecule has 29 heavy (non-hydrogen) atoms. The smallest absolute Gasteiger partial charge is 0.744 e. The molecule has 0 unspecified atom stereocenters. The van der Waals surface area contributed by atoms with Gasteiger partial charge in [0.25, 0.3) is 5.56 Å². The second kappa shape index (κ2) is 7.77. The topological polar surface area (TPSA) is 148 Å². The standard InChI is InChI=1S/C18H12N4O5S.Li/c23-17-12-9-10(28(25,26)27)6-7-14(12)20-18(24)16(17)22-21-15-5-1-4-13-11(15)3-2-8-19-13;/h1-9H,(H2,20,23,24)(H,25,26,27);/q;+1/p-1. The number of azo groups is 1. The van der Waals surface area contributed by atoms with E-state index in [1.54, 1.807) is 36.5 Å². The largest absolute Gasteiger partial charge is 1.00 e. The summed E-state index contributed by atoms with van der Waals surface area (Å²) in [6, 6.07) is 11.9. The van der Waals surface area contributed by atoms with Gasteiger partial charge in [-0.05, 0) is 42.5 Å². The first-order chi connectivity index (χ1) is 13.3. The van der Waals surface area contributed by atoms with Crippen LogP contribution in [0.5, 0.6) is 5.75 Å². The molecule has 140 valence electrons. The molecule has 2 N–H and O–H groups in total. The summed E-state index contributed by atoms with van der Waals surface area (Å²) >= 11 is 0. The number of pyridine rings is 2. The quantitative estimate of drug-likeness (QED) is 0.282. The van der Waals surface area contributed by atoms with E-state index in [-0.39, 0.29) is 29.8 Å². The number of fused-ring (bicyclic) bond motifs is 2. The van der Waals surface area contributed by atoms with Gasteiger partial charge in [-0.3, -0.25) is 9.78 Å². The minimum Gasteiger partial charge on any atom is -0.744 e. The van der Waals surface area contributed by atoms with Crippen LogP contribution >= 0.6 is 0 Å². The molecule has 0 amide bonds. The number of aromatic amines is 1. The summed E-state index contributed by atoms with van der Waals surface area (Å²) in [6.07, 6.45) is 1.63. The summed E-state index contributed by atoms with van der Waals surface area (Å²) < 4.78 is 33.7. The zero-order valence-electron chi connectivity index (χ0n) is 15.0. The van der Waals surface area contributed by atoms with Crippen LogP contribution in [-0.2, 0) is 10.1 Å². The summed E-state index contributed by atoms with van der Waals surface area (Å²) in [6.45, 7) is 0. The van der Waals surface area contributed by atoms with E-state index < -0.39 is 32.0 Å². The number of hydrogen-bond donors (Lipinski definition) is 2. The van der Waals surface area contributed by atoms with Crippen molar-refractivity contribution in [3.05, 3.63) is 65.1 Å². The summed E-state index contributed by atoms with van der Waals surface area (Å²) in [4.78, 5) is 18.4. The number of aromatic nitrogens is 2. The van der Waals surface area contributed by atoms with Crippen LogP contribution < -0.4 is 24.4 Å². The van der Waals surface area contributed by atoms with Gasteiger partial charge >= 0.3 is 18.9 Å². The zero-order valence-corrected chi connectivity index (χ0v) is 15.8. The van der Waals surface area contributed by atoms with Crippen molar-refractivity contribution in [3.8, 4) is 5.75 Å². The molecule has 0 aliphatic rings. The van der Waals surface area contributed by atoms with E-state index in [9.17, 15) is 22.9 Å². The van der Waals surface area contributed by atoms with Crippen molar-refractivity contribution in [2.24, 2.45) is 10.2 Å². The van der Waals surface area contributed by atoms with Crippen molar-refractivity contribution in [1.82, 2.24) is 9.97 Å². The number of nitrogens with one attached hydrogen (secondary N) is 1. The molecule has 2 aromatic heterocycles. The minimum absolute atomic E-state index is 0. The van der Waals surface area contributed by atoms with Gasteiger partial charge in [0, 0.05) is 17.0 Å². The second-order valence-corrected chi connectivity index (χ2v) is 7.24. The summed E-state index contributed by atoms with van der Waals surface area (Å²) in [7, 11) is -4.73. The van der Waals surface area contributed by atoms with E-state index in [2.05, 4.69) is 20.2 Å². The molecule has 0 aliphatic heterocycles. The third-order valence-electron chi connectivity index (χ3n) is 4.10. The Kier molecular flexibility index (Phi) is 5.54. The molecule has 0 radical (unpaired) electrons. The Bertz CT molecular complexity index is 1430. The maximum absolute atomic E-state index is 12.3. The van der Waals surface area contributed by atoms with E-state index in [0.717, 1.165) is 12.1 Å². The normalized spacial score (nSPS) is 11.8. The summed E-state index contributed by atoms with van der Waals surface area (Å²) in [5.74, 6) is -0.577. The van der Waals surface area contributed by atoms with Gasteiger partial charge in [-0.2, -0.15) is 0 Å². The van der Waals surface area contributed by atoms with Crippen LogP contribution in [0.3, 0.4) is 0 Å². The Balaban J connectivity index is 0.00000240. The van der Waals surface area contributed by atoms with E-state index in [0.29, 0.717) is 16.6 Å². The van der Waals surface area contributed by atoms with Crippen LogP contribution in [0.15, 0.2) is 74.6 Å². The fraction of sp³-hybridized carbons (Fsp3) is 0. The molecule has 4 aromatic rings. The number of aromatic hydroxyl groups is 1. The van der Waals surface area contributed by atoms with Gasteiger partial charge in [-0.1, -0.05) is 6.07 Å². The van der Waals surface area contributed by atoms with Gasteiger partial charge in [-0.15, -0.1) is 10.2 Å². The maximum Gasteiger partial charge on any atom is 1.00 e. The Labute approximate surface area is 176 Å². The molecule has 0 saturated heterocycles. The van der Waals surface area contributed by atoms with Crippen molar-refractivity contribution >= 4 is 43.3 Å². The van der Waals surface area contributed by atoms with Gasteiger partial charge in [-0.25, -0.2) is 8.42 Å². The molecule has 0 saturated carbocycles. The van der Waals surface area contributed by atoms with Crippen LogP contribution in [0.2, 0.25) is 0 Å². The third kappa shape index (κ3) is 3.92. The molecule has 0 spiro atoms. The molecule has 9 nitrogen and oxygen atoms in total. The first kappa shape index (κ1) is 20.7. The van der Waals surface area contributed by atoms with Crippen molar-refractivity contribution < 1.29 is 36.9 Å².